The van der Waals surface area contributed by atoms with Crippen molar-refractivity contribution in [2.75, 3.05) is 26.1 Å². The van der Waals surface area contributed by atoms with Gasteiger partial charge in [-0.15, -0.1) is 0 Å². The highest BCUT2D eigenvalue weighted by molar-refractivity contribution is 7.90. The van der Waals surface area contributed by atoms with Gasteiger partial charge in [0.15, 0.2) is 0 Å². The topological polar surface area (TPSA) is 66.5 Å². The Labute approximate surface area is 110 Å². The molecule has 106 valence electrons. The van der Waals surface area contributed by atoms with E-state index in [2.05, 4.69) is 5.32 Å². The van der Waals surface area contributed by atoms with E-state index in [9.17, 15) is 13.2 Å². The second kappa shape index (κ2) is 6.52. The SMILES string of the molecule is CNC1CCC(N(C)C(=O)CCS(C)(=O)=O)CC1. The number of carbonyl (C=O) groups excluding carboxylic acids is 1. The average molecular weight is 276 g/mol. The molecule has 0 aliphatic heterocycles. The molecule has 1 fully saturated rings. The lowest BCUT2D eigenvalue weighted by molar-refractivity contribution is -0.132. The summed E-state index contributed by atoms with van der Waals surface area (Å²) in [6, 6.07) is 0.822. The fraction of sp³-hybridized carbons (Fsp3) is 0.917. The second-order valence-electron chi connectivity index (χ2n) is 5.18. The van der Waals surface area contributed by atoms with Crippen LogP contribution in [-0.2, 0) is 14.6 Å². The fourth-order valence-corrected chi connectivity index (χ4v) is 2.95. The Morgan fingerprint density at radius 2 is 1.83 bits per heavy atom. The molecule has 0 bridgehead atoms. The zero-order valence-electron chi connectivity index (χ0n) is 11.5. The predicted octanol–water partition coefficient (Wildman–Crippen LogP) is 0.410. The minimum Gasteiger partial charge on any atom is -0.343 e. The van der Waals surface area contributed by atoms with Crippen molar-refractivity contribution in [2.45, 2.75) is 44.2 Å². The molecular formula is C12H24N2O3S. The van der Waals surface area contributed by atoms with Crippen LogP contribution in [0.2, 0.25) is 0 Å². The van der Waals surface area contributed by atoms with Crippen LogP contribution < -0.4 is 5.32 Å². The zero-order chi connectivity index (χ0) is 13.8. The highest BCUT2D eigenvalue weighted by Gasteiger charge is 2.25. The van der Waals surface area contributed by atoms with E-state index in [1.807, 2.05) is 7.05 Å². The number of amides is 1. The van der Waals surface area contributed by atoms with E-state index < -0.39 is 9.84 Å². The summed E-state index contributed by atoms with van der Waals surface area (Å²) in [5.41, 5.74) is 0. The van der Waals surface area contributed by atoms with Crippen molar-refractivity contribution in [1.29, 1.82) is 0 Å². The van der Waals surface area contributed by atoms with Gasteiger partial charge in [0.1, 0.15) is 9.84 Å². The Morgan fingerprint density at radius 3 is 2.28 bits per heavy atom. The standard InChI is InChI=1S/C12H24N2O3S/c1-13-10-4-6-11(7-5-10)14(2)12(15)8-9-18(3,16)17/h10-11,13H,4-9H2,1-3H3. The highest BCUT2D eigenvalue weighted by Crippen LogP contribution is 2.22. The Balaban J connectivity index is 2.40. The molecule has 0 aromatic rings. The Morgan fingerprint density at radius 1 is 1.28 bits per heavy atom. The van der Waals surface area contributed by atoms with Crippen LogP contribution in [0.3, 0.4) is 0 Å². The van der Waals surface area contributed by atoms with Crippen molar-refractivity contribution in [2.24, 2.45) is 0 Å². The summed E-state index contributed by atoms with van der Waals surface area (Å²) in [4.78, 5) is 13.6. The van der Waals surface area contributed by atoms with Gasteiger partial charge in [0.05, 0.1) is 5.75 Å². The molecule has 0 unspecified atom stereocenters. The van der Waals surface area contributed by atoms with Crippen LogP contribution in [0.15, 0.2) is 0 Å². The van der Waals surface area contributed by atoms with Crippen molar-refractivity contribution >= 4 is 15.7 Å². The minimum atomic E-state index is -3.05. The third-order valence-corrected chi connectivity index (χ3v) is 4.68. The molecule has 6 heteroatoms. The van der Waals surface area contributed by atoms with Crippen molar-refractivity contribution in [3.63, 3.8) is 0 Å². The first kappa shape index (κ1) is 15.4. The molecule has 0 radical (unpaired) electrons. The number of sulfone groups is 1. The maximum atomic E-state index is 11.9. The third-order valence-electron chi connectivity index (χ3n) is 3.73. The summed E-state index contributed by atoms with van der Waals surface area (Å²) in [6.45, 7) is 0. The Bertz CT molecular complexity index is 373. The van der Waals surface area contributed by atoms with Crippen LogP contribution in [0.5, 0.6) is 0 Å². The molecule has 0 atom stereocenters. The molecule has 0 spiro atoms. The van der Waals surface area contributed by atoms with Gasteiger partial charge in [0, 0.05) is 31.8 Å². The van der Waals surface area contributed by atoms with Crippen LogP contribution in [-0.4, -0.2) is 57.4 Å². The van der Waals surface area contributed by atoms with E-state index in [0.29, 0.717) is 6.04 Å². The van der Waals surface area contributed by atoms with E-state index in [1.165, 1.54) is 6.26 Å². The second-order valence-corrected chi connectivity index (χ2v) is 7.44. The van der Waals surface area contributed by atoms with E-state index in [0.717, 1.165) is 25.7 Å². The average Bonchev–Trinajstić information content (AvgIpc) is 2.34. The molecule has 1 aliphatic carbocycles. The lowest BCUT2D eigenvalue weighted by atomic mass is 9.90. The molecule has 0 saturated heterocycles. The van der Waals surface area contributed by atoms with E-state index in [-0.39, 0.29) is 24.1 Å². The molecule has 1 saturated carbocycles. The molecule has 1 aliphatic rings. The van der Waals surface area contributed by atoms with Gasteiger partial charge in [-0.05, 0) is 32.7 Å². The molecule has 0 aromatic heterocycles. The number of hydrogen-bond acceptors (Lipinski definition) is 4. The molecule has 0 aromatic carbocycles. The van der Waals surface area contributed by atoms with Crippen LogP contribution in [0.1, 0.15) is 32.1 Å². The maximum Gasteiger partial charge on any atom is 0.223 e. The first-order valence-corrected chi connectivity index (χ1v) is 8.50. The van der Waals surface area contributed by atoms with Crippen molar-refractivity contribution in [1.82, 2.24) is 10.2 Å². The van der Waals surface area contributed by atoms with Gasteiger partial charge in [-0.3, -0.25) is 4.79 Å². The molecular weight excluding hydrogens is 252 g/mol. The number of hydrogen-bond donors (Lipinski definition) is 1. The monoisotopic (exact) mass is 276 g/mol. The van der Waals surface area contributed by atoms with Crippen molar-refractivity contribution in [3.8, 4) is 0 Å². The smallest absolute Gasteiger partial charge is 0.223 e. The maximum absolute atomic E-state index is 11.9. The Hall–Kier alpha value is -0.620. The molecule has 1 amide bonds. The lowest BCUT2D eigenvalue weighted by Crippen LogP contribution is -2.42. The van der Waals surface area contributed by atoms with Gasteiger partial charge in [0.2, 0.25) is 5.91 Å². The first-order chi connectivity index (χ1) is 8.33. The summed E-state index contributed by atoms with van der Waals surface area (Å²) >= 11 is 0. The molecule has 5 nitrogen and oxygen atoms in total. The normalized spacial score (nSPS) is 24.8. The summed E-state index contributed by atoms with van der Waals surface area (Å²) in [5.74, 6) is -0.115. The van der Waals surface area contributed by atoms with Gasteiger partial charge < -0.3 is 10.2 Å². The number of rotatable bonds is 5. The largest absolute Gasteiger partial charge is 0.343 e. The van der Waals surface area contributed by atoms with Gasteiger partial charge >= 0.3 is 0 Å². The highest BCUT2D eigenvalue weighted by atomic mass is 32.2. The zero-order valence-corrected chi connectivity index (χ0v) is 12.3. The molecule has 1 N–H and O–H groups in total. The summed E-state index contributed by atoms with van der Waals surface area (Å²) in [7, 11) is 0.697. The minimum absolute atomic E-state index is 0.0535. The molecule has 18 heavy (non-hydrogen) atoms. The van der Waals surface area contributed by atoms with Gasteiger partial charge in [-0.25, -0.2) is 8.42 Å². The number of nitrogens with zero attached hydrogens (tertiary/aromatic N) is 1. The van der Waals surface area contributed by atoms with Crippen LogP contribution in [0, 0.1) is 0 Å². The molecule has 0 heterocycles. The van der Waals surface area contributed by atoms with Gasteiger partial charge in [0.25, 0.3) is 0 Å². The summed E-state index contributed by atoms with van der Waals surface area (Å²) < 4.78 is 22.1. The van der Waals surface area contributed by atoms with Gasteiger partial charge in [-0.1, -0.05) is 0 Å². The predicted molar refractivity (Wildman–Crippen MR) is 72.2 cm³/mol. The number of carbonyl (C=O) groups is 1. The third kappa shape index (κ3) is 4.94. The lowest BCUT2D eigenvalue weighted by Gasteiger charge is -2.34. The molecule has 1 rings (SSSR count). The Kier molecular flexibility index (Phi) is 5.59. The quantitative estimate of drug-likeness (QED) is 0.790. The van der Waals surface area contributed by atoms with E-state index >= 15 is 0 Å². The first-order valence-electron chi connectivity index (χ1n) is 6.44. The fourth-order valence-electron chi connectivity index (χ4n) is 2.40. The van der Waals surface area contributed by atoms with Crippen molar-refractivity contribution in [3.05, 3.63) is 0 Å². The van der Waals surface area contributed by atoms with Crippen LogP contribution >= 0.6 is 0 Å². The number of nitrogens with one attached hydrogen (secondary N) is 1. The van der Waals surface area contributed by atoms with Gasteiger partial charge in [-0.2, -0.15) is 0 Å². The van der Waals surface area contributed by atoms with Crippen LogP contribution in [0.25, 0.3) is 0 Å². The van der Waals surface area contributed by atoms with Crippen molar-refractivity contribution < 1.29 is 13.2 Å². The summed E-state index contributed by atoms with van der Waals surface area (Å²) in [6.07, 6.45) is 5.40. The van der Waals surface area contributed by atoms with E-state index in [4.69, 9.17) is 0 Å². The summed E-state index contributed by atoms with van der Waals surface area (Å²) in [5, 5.41) is 3.25. The van der Waals surface area contributed by atoms with Crippen LogP contribution in [0.4, 0.5) is 0 Å². The van der Waals surface area contributed by atoms with E-state index in [1.54, 1.807) is 11.9 Å².